The maximum absolute atomic E-state index is 13.9. The van der Waals surface area contributed by atoms with Crippen LogP contribution in [0.1, 0.15) is 19.4 Å². The number of hydrogen-bond acceptors (Lipinski definition) is 3. The summed E-state index contributed by atoms with van der Waals surface area (Å²) in [6.45, 7) is 4.54. The van der Waals surface area contributed by atoms with Gasteiger partial charge in [0.1, 0.15) is 11.6 Å². The fraction of sp³-hybridized carbons (Fsp3) is 0.417. The van der Waals surface area contributed by atoms with Gasteiger partial charge in [0, 0.05) is 5.56 Å². The molecular formula is C12H15BrFNO2S. The normalized spacial score (nSPS) is 10.7. The molecule has 0 saturated heterocycles. The van der Waals surface area contributed by atoms with E-state index in [1.54, 1.807) is 6.07 Å². The average molecular weight is 336 g/mol. The first-order valence-electron chi connectivity index (χ1n) is 5.45. The second-order valence-electron chi connectivity index (χ2n) is 3.87. The van der Waals surface area contributed by atoms with Crippen molar-refractivity contribution in [3.63, 3.8) is 0 Å². The van der Waals surface area contributed by atoms with Crippen molar-refractivity contribution in [2.45, 2.75) is 20.0 Å². The van der Waals surface area contributed by atoms with Crippen LogP contribution in [0.15, 0.2) is 16.6 Å². The molecule has 0 radical (unpaired) electrons. The molecule has 6 heteroatoms. The summed E-state index contributed by atoms with van der Waals surface area (Å²) in [5, 5.41) is 0. The van der Waals surface area contributed by atoms with Crippen LogP contribution in [-0.2, 0) is 4.74 Å². The lowest BCUT2D eigenvalue weighted by molar-refractivity contribution is 0.0544. The number of benzene rings is 1. The van der Waals surface area contributed by atoms with E-state index >= 15 is 0 Å². The van der Waals surface area contributed by atoms with Gasteiger partial charge in [-0.05, 0) is 41.9 Å². The van der Waals surface area contributed by atoms with Gasteiger partial charge in [-0.3, -0.25) is 0 Å². The topological polar surface area (TPSA) is 44.5 Å². The minimum Gasteiger partial charge on any atom is -0.488 e. The lowest BCUT2D eigenvalue weighted by Gasteiger charge is -2.12. The molecule has 0 aliphatic carbocycles. The molecule has 0 bridgehead atoms. The minimum atomic E-state index is -0.509. The summed E-state index contributed by atoms with van der Waals surface area (Å²) >= 11 is 7.92. The lowest BCUT2D eigenvalue weighted by atomic mass is 10.2. The van der Waals surface area contributed by atoms with Gasteiger partial charge in [-0.25, -0.2) is 4.39 Å². The molecule has 1 aromatic carbocycles. The number of rotatable bonds is 6. The third-order valence-electron chi connectivity index (χ3n) is 2.10. The third-order valence-corrected chi connectivity index (χ3v) is 3.10. The predicted octanol–water partition coefficient (Wildman–Crippen LogP) is 3.03. The lowest BCUT2D eigenvalue weighted by Crippen LogP contribution is -2.13. The van der Waals surface area contributed by atoms with Crippen molar-refractivity contribution in [3.05, 3.63) is 28.0 Å². The second-order valence-corrected chi connectivity index (χ2v) is 5.10. The predicted molar refractivity (Wildman–Crippen MR) is 76.6 cm³/mol. The molecule has 0 spiro atoms. The van der Waals surface area contributed by atoms with E-state index in [1.807, 2.05) is 13.8 Å². The van der Waals surface area contributed by atoms with Gasteiger partial charge in [0.25, 0.3) is 0 Å². The maximum atomic E-state index is 13.9. The van der Waals surface area contributed by atoms with Crippen LogP contribution < -0.4 is 10.5 Å². The quantitative estimate of drug-likeness (QED) is 0.641. The number of halogens is 2. The number of thiocarbonyl (C=S) groups is 1. The zero-order chi connectivity index (χ0) is 13.7. The molecule has 18 heavy (non-hydrogen) atoms. The van der Waals surface area contributed by atoms with E-state index in [0.29, 0.717) is 12.2 Å². The molecule has 0 aliphatic rings. The highest BCUT2D eigenvalue weighted by Gasteiger charge is 2.13. The summed E-state index contributed by atoms with van der Waals surface area (Å²) in [6.07, 6.45) is 0.127. The summed E-state index contributed by atoms with van der Waals surface area (Å²) in [5.74, 6) is -0.362. The number of nitrogens with two attached hydrogens (primary N) is 1. The van der Waals surface area contributed by atoms with E-state index < -0.39 is 5.82 Å². The SMILES string of the molecule is CC(C)OCCOc1ccc(C(N)=S)c(Br)c1F. The van der Waals surface area contributed by atoms with E-state index in [-0.39, 0.29) is 27.9 Å². The Morgan fingerprint density at radius 2 is 2.11 bits per heavy atom. The monoisotopic (exact) mass is 335 g/mol. The van der Waals surface area contributed by atoms with Crippen molar-refractivity contribution in [1.29, 1.82) is 0 Å². The van der Waals surface area contributed by atoms with Gasteiger partial charge < -0.3 is 15.2 Å². The highest BCUT2D eigenvalue weighted by atomic mass is 79.9. The largest absolute Gasteiger partial charge is 0.488 e. The van der Waals surface area contributed by atoms with Crippen LogP contribution in [0.4, 0.5) is 4.39 Å². The van der Waals surface area contributed by atoms with Crippen LogP contribution in [0.3, 0.4) is 0 Å². The number of ether oxygens (including phenoxy) is 2. The van der Waals surface area contributed by atoms with Crippen LogP contribution in [0.2, 0.25) is 0 Å². The molecule has 0 unspecified atom stereocenters. The highest BCUT2D eigenvalue weighted by molar-refractivity contribution is 9.10. The maximum Gasteiger partial charge on any atom is 0.179 e. The van der Waals surface area contributed by atoms with Gasteiger partial charge in [-0.1, -0.05) is 12.2 Å². The van der Waals surface area contributed by atoms with Crippen molar-refractivity contribution in [3.8, 4) is 5.75 Å². The van der Waals surface area contributed by atoms with Crippen LogP contribution >= 0.6 is 28.1 Å². The molecule has 2 N–H and O–H groups in total. The van der Waals surface area contributed by atoms with Crippen molar-refractivity contribution in [2.75, 3.05) is 13.2 Å². The Kier molecular flexibility index (Phi) is 5.98. The molecule has 1 aromatic rings. The summed E-state index contributed by atoms with van der Waals surface area (Å²) in [6, 6.07) is 3.12. The fourth-order valence-electron chi connectivity index (χ4n) is 1.27. The highest BCUT2D eigenvalue weighted by Crippen LogP contribution is 2.28. The van der Waals surface area contributed by atoms with Gasteiger partial charge in [0.15, 0.2) is 11.6 Å². The van der Waals surface area contributed by atoms with E-state index in [2.05, 4.69) is 15.9 Å². The zero-order valence-electron chi connectivity index (χ0n) is 10.2. The average Bonchev–Trinajstić information content (AvgIpc) is 2.29. The van der Waals surface area contributed by atoms with Crippen molar-refractivity contribution in [1.82, 2.24) is 0 Å². The fourth-order valence-corrected chi connectivity index (χ4v) is 2.11. The van der Waals surface area contributed by atoms with Crippen molar-refractivity contribution in [2.24, 2.45) is 5.73 Å². The molecule has 3 nitrogen and oxygen atoms in total. The summed E-state index contributed by atoms with van der Waals surface area (Å²) in [7, 11) is 0. The smallest absolute Gasteiger partial charge is 0.179 e. The molecular weight excluding hydrogens is 321 g/mol. The van der Waals surface area contributed by atoms with Gasteiger partial charge in [0.2, 0.25) is 0 Å². The van der Waals surface area contributed by atoms with Crippen molar-refractivity contribution >= 4 is 33.1 Å². The zero-order valence-corrected chi connectivity index (χ0v) is 12.6. The van der Waals surface area contributed by atoms with Gasteiger partial charge in [0.05, 0.1) is 17.2 Å². The Labute approximate surface area is 120 Å². The molecule has 0 atom stereocenters. The summed E-state index contributed by atoms with van der Waals surface area (Å²) in [4.78, 5) is 0.135. The molecule has 1 rings (SSSR count). The first-order chi connectivity index (χ1) is 8.43. The first kappa shape index (κ1) is 15.3. The Hall–Kier alpha value is -0.720. The van der Waals surface area contributed by atoms with E-state index in [4.69, 9.17) is 27.4 Å². The Balaban J connectivity index is 2.68. The van der Waals surface area contributed by atoms with Crippen LogP contribution in [0.25, 0.3) is 0 Å². The molecule has 0 saturated carbocycles. The van der Waals surface area contributed by atoms with Crippen LogP contribution in [0, 0.1) is 5.82 Å². The molecule has 0 heterocycles. The van der Waals surface area contributed by atoms with E-state index in [1.165, 1.54) is 6.07 Å². The Morgan fingerprint density at radius 1 is 1.44 bits per heavy atom. The van der Waals surface area contributed by atoms with Gasteiger partial charge in [-0.15, -0.1) is 0 Å². The van der Waals surface area contributed by atoms with Crippen LogP contribution in [0.5, 0.6) is 5.75 Å². The third kappa shape index (κ3) is 4.19. The molecule has 0 fully saturated rings. The second kappa shape index (κ2) is 7.01. The molecule has 0 amide bonds. The van der Waals surface area contributed by atoms with Gasteiger partial charge in [-0.2, -0.15) is 0 Å². The molecule has 0 aliphatic heterocycles. The molecule has 0 aromatic heterocycles. The van der Waals surface area contributed by atoms with Crippen molar-refractivity contribution < 1.29 is 13.9 Å². The Morgan fingerprint density at radius 3 is 2.67 bits per heavy atom. The summed E-state index contributed by atoms with van der Waals surface area (Å²) < 4.78 is 24.7. The van der Waals surface area contributed by atoms with Gasteiger partial charge >= 0.3 is 0 Å². The standard InChI is InChI=1S/C12H15BrFNO2S/c1-7(2)16-5-6-17-9-4-3-8(12(15)18)10(13)11(9)14/h3-4,7H,5-6H2,1-2H3,(H2,15,18). The molecule has 100 valence electrons. The van der Waals surface area contributed by atoms with Crippen LogP contribution in [-0.4, -0.2) is 24.3 Å². The Bertz CT molecular complexity index is 440. The summed E-state index contributed by atoms with van der Waals surface area (Å²) in [5.41, 5.74) is 5.91. The van der Waals surface area contributed by atoms with E-state index in [9.17, 15) is 4.39 Å². The first-order valence-corrected chi connectivity index (χ1v) is 6.65. The van der Waals surface area contributed by atoms with E-state index in [0.717, 1.165) is 0 Å². The number of hydrogen-bond donors (Lipinski definition) is 1. The minimum absolute atomic E-state index is 0.127.